The normalized spacial score (nSPS) is 31.3. The molecule has 0 heterocycles. The third-order valence-electron chi connectivity index (χ3n) is 6.45. The minimum absolute atomic E-state index is 0.184. The van der Waals surface area contributed by atoms with Gasteiger partial charge in [-0.25, -0.2) is 4.79 Å². The Morgan fingerprint density at radius 3 is 2.32 bits per heavy atom. The predicted octanol–water partition coefficient (Wildman–Crippen LogP) is 3.88. The van der Waals surface area contributed by atoms with Crippen LogP contribution in [0.5, 0.6) is 0 Å². The molecule has 1 amide bonds. The highest BCUT2D eigenvalue weighted by molar-refractivity contribution is 6.31. The van der Waals surface area contributed by atoms with Crippen LogP contribution >= 0.6 is 11.6 Å². The van der Waals surface area contributed by atoms with Crippen LogP contribution in [-0.2, 0) is 9.53 Å². The Hall–Kier alpha value is -2.15. The van der Waals surface area contributed by atoms with Gasteiger partial charge < -0.3 is 10.1 Å². The molecule has 0 aromatic heterocycles. The van der Waals surface area contributed by atoms with Crippen molar-refractivity contribution in [3.8, 4) is 0 Å². The molecule has 1 aromatic carbocycles. The van der Waals surface area contributed by atoms with E-state index in [1.807, 2.05) is 0 Å². The van der Waals surface area contributed by atoms with E-state index < -0.39 is 22.7 Å². The van der Waals surface area contributed by atoms with Crippen LogP contribution in [0.25, 0.3) is 0 Å². The average Bonchev–Trinajstić information content (AvgIpc) is 2.59. The summed E-state index contributed by atoms with van der Waals surface area (Å²) < 4.78 is 5.24. The number of amides is 1. The van der Waals surface area contributed by atoms with E-state index in [2.05, 4.69) is 5.32 Å². The van der Waals surface area contributed by atoms with Gasteiger partial charge in [-0.15, -0.1) is 0 Å². The van der Waals surface area contributed by atoms with Gasteiger partial charge in [-0.2, -0.15) is 0 Å². The fourth-order valence-electron chi connectivity index (χ4n) is 5.74. The first-order valence-electron chi connectivity index (χ1n) is 9.71. The smallest absolute Gasteiger partial charge is 0.345 e. The molecule has 1 N–H and O–H groups in total. The number of nitro benzene ring substituents is 1. The van der Waals surface area contributed by atoms with E-state index in [0.29, 0.717) is 17.8 Å². The van der Waals surface area contributed by atoms with Crippen molar-refractivity contribution < 1.29 is 19.2 Å². The van der Waals surface area contributed by atoms with Gasteiger partial charge in [0.15, 0.2) is 6.10 Å². The topological polar surface area (TPSA) is 98.5 Å². The molecule has 4 bridgehead atoms. The quantitative estimate of drug-likeness (QED) is 0.454. The molecule has 4 aliphatic carbocycles. The number of ether oxygens (including phenoxy) is 1. The van der Waals surface area contributed by atoms with Crippen molar-refractivity contribution in [3.05, 3.63) is 38.9 Å². The highest BCUT2D eigenvalue weighted by Crippen LogP contribution is 2.55. The summed E-state index contributed by atoms with van der Waals surface area (Å²) in [6.45, 7) is 1.49. The number of esters is 1. The van der Waals surface area contributed by atoms with Crippen LogP contribution in [0.3, 0.4) is 0 Å². The molecule has 0 saturated heterocycles. The SMILES string of the molecule is C[C@@H](OC(=O)c1cc(Cl)ccc1[N+](=O)[O-])C(=O)NC12CC3CC(CC(C3)C1)C2. The molecule has 0 spiro atoms. The van der Waals surface area contributed by atoms with Gasteiger partial charge in [0, 0.05) is 16.6 Å². The van der Waals surface area contributed by atoms with Gasteiger partial charge >= 0.3 is 5.97 Å². The van der Waals surface area contributed by atoms with E-state index in [1.165, 1.54) is 38.3 Å². The summed E-state index contributed by atoms with van der Waals surface area (Å²) >= 11 is 5.86. The maximum Gasteiger partial charge on any atom is 0.345 e. The Kier molecular flexibility index (Phi) is 4.81. The second kappa shape index (κ2) is 7.03. The Labute approximate surface area is 167 Å². The minimum atomic E-state index is -1.04. The predicted molar refractivity (Wildman–Crippen MR) is 102 cm³/mol. The first kappa shape index (κ1) is 19.2. The number of halogens is 1. The number of hydrogen-bond acceptors (Lipinski definition) is 5. The number of benzene rings is 1. The van der Waals surface area contributed by atoms with E-state index >= 15 is 0 Å². The lowest BCUT2D eigenvalue weighted by molar-refractivity contribution is -0.385. The lowest BCUT2D eigenvalue weighted by atomic mass is 9.53. The highest BCUT2D eigenvalue weighted by Gasteiger charge is 2.51. The summed E-state index contributed by atoms with van der Waals surface area (Å²) in [5.74, 6) is 0.762. The van der Waals surface area contributed by atoms with E-state index in [1.54, 1.807) is 0 Å². The average molecular weight is 407 g/mol. The number of nitro groups is 1. The van der Waals surface area contributed by atoms with Gasteiger partial charge in [-0.3, -0.25) is 14.9 Å². The Balaban J connectivity index is 1.43. The molecular weight excluding hydrogens is 384 g/mol. The molecule has 7 nitrogen and oxygen atoms in total. The summed E-state index contributed by atoms with van der Waals surface area (Å²) in [5.41, 5.74) is -0.843. The molecule has 1 atom stereocenters. The van der Waals surface area contributed by atoms with Crippen molar-refractivity contribution in [2.75, 3.05) is 0 Å². The first-order chi connectivity index (χ1) is 13.2. The maximum absolute atomic E-state index is 12.7. The lowest BCUT2D eigenvalue weighted by Gasteiger charge is -2.57. The molecule has 8 heteroatoms. The van der Waals surface area contributed by atoms with E-state index in [4.69, 9.17) is 16.3 Å². The van der Waals surface area contributed by atoms with Gasteiger partial charge in [0.25, 0.3) is 11.6 Å². The number of carbonyl (C=O) groups is 2. The van der Waals surface area contributed by atoms with E-state index in [-0.39, 0.29) is 22.0 Å². The van der Waals surface area contributed by atoms with Crippen LogP contribution in [0.15, 0.2) is 18.2 Å². The third kappa shape index (κ3) is 3.60. The van der Waals surface area contributed by atoms with Crippen molar-refractivity contribution in [1.29, 1.82) is 0 Å². The summed E-state index contributed by atoms with van der Waals surface area (Å²) in [6, 6.07) is 3.67. The summed E-state index contributed by atoms with van der Waals surface area (Å²) in [4.78, 5) is 35.6. The molecule has 150 valence electrons. The maximum atomic E-state index is 12.7. The molecule has 0 radical (unpaired) electrons. The van der Waals surface area contributed by atoms with Crippen molar-refractivity contribution in [2.24, 2.45) is 17.8 Å². The lowest BCUT2D eigenvalue weighted by Crippen LogP contribution is -2.61. The molecule has 28 heavy (non-hydrogen) atoms. The molecule has 4 fully saturated rings. The monoisotopic (exact) mass is 406 g/mol. The largest absolute Gasteiger partial charge is 0.449 e. The number of rotatable bonds is 5. The number of carbonyl (C=O) groups excluding carboxylic acids is 2. The van der Waals surface area contributed by atoms with Crippen LogP contribution < -0.4 is 5.32 Å². The van der Waals surface area contributed by atoms with Crippen molar-refractivity contribution >= 4 is 29.2 Å². The van der Waals surface area contributed by atoms with Crippen LogP contribution in [0.4, 0.5) is 5.69 Å². The second-order valence-corrected chi connectivity index (χ2v) is 9.09. The third-order valence-corrected chi connectivity index (χ3v) is 6.69. The van der Waals surface area contributed by atoms with Crippen LogP contribution in [0, 0.1) is 27.9 Å². The first-order valence-corrected chi connectivity index (χ1v) is 10.1. The van der Waals surface area contributed by atoms with E-state index in [0.717, 1.165) is 25.3 Å². The Morgan fingerprint density at radius 1 is 1.21 bits per heavy atom. The molecule has 0 aliphatic heterocycles. The molecule has 0 unspecified atom stereocenters. The zero-order valence-electron chi connectivity index (χ0n) is 15.7. The zero-order valence-corrected chi connectivity index (χ0v) is 16.4. The summed E-state index contributed by atoms with van der Waals surface area (Å²) in [6.07, 6.45) is 5.72. The summed E-state index contributed by atoms with van der Waals surface area (Å²) in [5, 5.41) is 14.5. The fourth-order valence-corrected chi connectivity index (χ4v) is 5.91. The molecular formula is C20H23ClN2O5. The number of nitrogens with one attached hydrogen (secondary N) is 1. The van der Waals surface area contributed by atoms with Gasteiger partial charge in [0.05, 0.1) is 4.92 Å². The number of hydrogen-bond donors (Lipinski definition) is 1. The molecule has 5 rings (SSSR count). The van der Waals surface area contributed by atoms with Crippen molar-refractivity contribution in [2.45, 2.75) is 57.1 Å². The fraction of sp³-hybridized carbons (Fsp3) is 0.600. The van der Waals surface area contributed by atoms with Gasteiger partial charge in [0.2, 0.25) is 0 Å². The number of nitrogens with zero attached hydrogens (tertiary/aromatic N) is 1. The molecule has 4 saturated carbocycles. The van der Waals surface area contributed by atoms with E-state index in [9.17, 15) is 19.7 Å². The van der Waals surface area contributed by atoms with Gasteiger partial charge in [-0.1, -0.05) is 11.6 Å². The zero-order chi connectivity index (χ0) is 20.1. The molecule has 1 aromatic rings. The minimum Gasteiger partial charge on any atom is -0.449 e. The Morgan fingerprint density at radius 2 is 1.79 bits per heavy atom. The summed E-state index contributed by atoms with van der Waals surface area (Å²) in [7, 11) is 0. The van der Waals surface area contributed by atoms with Gasteiger partial charge in [-0.05, 0) is 75.3 Å². The highest BCUT2D eigenvalue weighted by atomic mass is 35.5. The second-order valence-electron chi connectivity index (χ2n) is 8.65. The van der Waals surface area contributed by atoms with Crippen LogP contribution in [0.2, 0.25) is 5.02 Å². The Bertz CT molecular complexity index is 805. The van der Waals surface area contributed by atoms with Crippen LogP contribution in [-0.4, -0.2) is 28.4 Å². The molecule has 4 aliphatic rings. The van der Waals surface area contributed by atoms with Crippen molar-refractivity contribution in [1.82, 2.24) is 5.32 Å². The van der Waals surface area contributed by atoms with Crippen LogP contribution in [0.1, 0.15) is 55.8 Å². The standard InChI is InChI=1S/C20H23ClN2O5/c1-11(28-19(25)16-7-15(21)2-3-17(16)23(26)27)18(24)22-20-8-12-4-13(9-20)6-14(5-12)10-20/h2-3,7,11-14H,4-6,8-10H2,1H3,(H,22,24)/t11-,12?,13?,14?,20?/m1/s1. The van der Waals surface area contributed by atoms with Gasteiger partial charge in [0.1, 0.15) is 5.56 Å². The van der Waals surface area contributed by atoms with Crippen molar-refractivity contribution in [3.63, 3.8) is 0 Å².